The van der Waals surface area contributed by atoms with Gasteiger partial charge in [-0.1, -0.05) is 13.8 Å². The van der Waals surface area contributed by atoms with Crippen LogP contribution in [0.1, 0.15) is 27.2 Å². The Morgan fingerprint density at radius 1 is 1.33 bits per heavy atom. The minimum atomic E-state index is 0.302. The Labute approximate surface area is 62.8 Å². The third-order valence-corrected chi connectivity index (χ3v) is 1.31. The van der Waals surface area contributed by atoms with E-state index >= 15 is 0 Å². The Morgan fingerprint density at radius 2 is 1.89 bits per heavy atom. The van der Waals surface area contributed by atoms with Crippen molar-refractivity contribution < 1.29 is 0 Å². The molecule has 0 saturated heterocycles. The molecule has 0 aromatic heterocycles. The smallest absolute Gasteiger partial charge is 0.0319 e. The van der Waals surface area contributed by atoms with Crippen LogP contribution in [0.5, 0.6) is 0 Å². The van der Waals surface area contributed by atoms with Crippen LogP contribution in [-0.4, -0.2) is 18.0 Å². The summed E-state index contributed by atoms with van der Waals surface area (Å²) in [6, 6.07) is 0.584. The Morgan fingerprint density at radius 3 is 2.22 bits per heavy atom. The molecular weight excluding hydrogens is 134 g/mol. The maximum atomic E-state index is 5.72. The zero-order valence-electron chi connectivity index (χ0n) is 6.45. The molecule has 0 aromatic carbocycles. The molecule has 0 aliphatic heterocycles. The molecule has 0 aliphatic rings. The SMILES string of the molecule is CC(C)NCC[C@H](C)Cl. The van der Waals surface area contributed by atoms with E-state index in [4.69, 9.17) is 11.6 Å². The molecule has 1 nitrogen and oxygen atoms in total. The number of rotatable bonds is 4. The van der Waals surface area contributed by atoms with Crippen molar-refractivity contribution >= 4 is 11.6 Å². The zero-order chi connectivity index (χ0) is 7.28. The number of nitrogens with one attached hydrogen (secondary N) is 1. The first-order valence-electron chi connectivity index (χ1n) is 3.50. The van der Waals surface area contributed by atoms with Gasteiger partial charge >= 0.3 is 0 Å². The van der Waals surface area contributed by atoms with Crippen molar-refractivity contribution in [2.45, 2.75) is 38.6 Å². The van der Waals surface area contributed by atoms with Crippen LogP contribution in [0.4, 0.5) is 0 Å². The zero-order valence-corrected chi connectivity index (χ0v) is 7.20. The Kier molecular flexibility index (Phi) is 5.21. The monoisotopic (exact) mass is 149 g/mol. The van der Waals surface area contributed by atoms with E-state index < -0.39 is 0 Å². The molecule has 0 unspecified atom stereocenters. The quantitative estimate of drug-likeness (QED) is 0.603. The molecule has 0 radical (unpaired) electrons. The highest BCUT2D eigenvalue weighted by Gasteiger charge is 1.95. The molecule has 0 aromatic rings. The summed E-state index contributed by atoms with van der Waals surface area (Å²) in [6.07, 6.45) is 1.06. The van der Waals surface area contributed by atoms with E-state index in [0.29, 0.717) is 11.4 Å². The summed E-state index contributed by atoms with van der Waals surface area (Å²) < 4.78 is 0. The van der Waals surface area contributed by atoms with Crippen molar-refractivity contribution in [3.05, 3.63) is 0 Å². The van der Waals surface area contributed by atoms with Crippen LogP contribution >= 0.6 is 11.6 Å². The molecule has 0 heterocycles. The molecule has 0 fully saturated rings. The van der Waals surface area contributed by atoms with Crippen LogP contribution < -0.4 is 5.32 Å². The third-order valence-electron chi connectivity index (χ3n) is 1.09. The van der Waals surface area contributed by atoms with Gasteiger partial charge in [0.05, 0.1) is 0 Å². The highest BCUT2D eigenvalue weighted by atomic mass is 35.5. The number of halogens is 1. The minimum absolute atomic E-state index is 0.302. The second-order valence-corrected chi connectivity index (χ2v) is 3.42. The first kappa shape index (κ1) is 9.25. The Hall–Kier alpha value is 0.250. The molecule has 0 bridgehead atoms. The van der Waals surface area contributed by atoms with Crippen molar-refractivity contribution in [2.75, 3.05) is 6.54 Å². The van der Waals surface area contributed by atoms with Crippen molar-refractivity contribution in [3.8, 4) is 0 Å². The second kappa shape index (κ2) is 5.07. The van der Waals surface area contributed by atoms with Gasteiger partial charge in [-0.05, 0) is 19.9 Å². The lowest BCUT2D eigenvalue weighted by Crippen LogP contribution is -2.24. The highest BCUT2D eigenvalue weighted by molar-refractivity contribution is 6.20. The van der Waals surface area contributed by atoms with Gasteiger partial charge in [0, 0.05) is 11.4 Å². The Bertz CT molecular complexity index is 53.9. The standard InChI is InChI=1S/C7H16ClN/c1-6(2)9-5-4-7(3)8/h6-7,9H,4-5H2,1-3H3/t7-/m0/s1. The number of hydrogen-bond donors (Lipinski definition) is 1. The summed E-state index contributed by atoms with van der Waals surface area (Å²) in [5.41, 5.74) is 0. The summed E-state index contributed by atoms with van der Waals surface area (Å²) >= 11 is 5.72. The summed E-state index contributed by atoms with van der Waals surface area (Å²) in [6.45, 7) is 7.32. The average molecular weight is 150 g/mol. The van der Waals surface area contributed by atoms with Crippen LogP contribution in [0.15, 0.2) is 0 Å². The summed E-state index contributed by atoms with van der Waals surface area (Å²) in [4.78, 5) is 0. The summed E-state index contributed by atoms with van der Waals surface area (Å²) in [5, 5.41) is 3.59. The topological polar surface area (TPSA) is 12.0 Å². The lowest BCUT2D eigenvalue weighted by Gasteiger charge is -2.07. The molecule has 0 aliphatic carbocycles. The van der Waals surface area contributed by atoms with Crippen molar-refractivity contribution in [3.63, 3.8) is 0 Å². The maximum Gasteiger partial charge on any atom is 0.0319 e. The first-order valence-corrected chi connectivity index (χ1v) is 3.94. The van der Waals surface area contributed by atoms with Crippen molar-refractivity contribution in [2.24, 2.45) is 0 Å². The van der Waals surface area contributed by atoms with Gasteiger partial charge < -0.3 is 5.32 Å². The molecule has 56 valence electrons. The summed E-state index contributed by atoms with van der Waals surface area (Å²) in [7, 11) is 0. The molecule has 0 amide bonds. The van der Waals surface area contributed by atoms with Gasteiger partial charge in [-0.3, -0.25) is 0 Å². The predicted molar refractivity (Wildman–Crippen MR) is 43.1 cm³/mol. The van der Waals surface area contributed by atoms with Gasteiger partial charge in [-0.15, -0.1) is 11.6 Å². The van der Waals surface area contributed by atoms with Crippen molar-refractivity contribution in [1.82, 2.24) is 5.32 Å². The average Bonchev–Trinajstić information content (AvgIpc) is 1.63. The first-order chi connectivity index (χ1) is 4.13. The molecule has 1 atom stereocenters. The maximum absolute atomic E-state index is 5.72. The fraction of sp³-hybridized carbons (Fsp3) is 1.00. The number of hydrogen-bond acceptors (Lipinski definition) is 1. The van der Waals surface area contributed by atoms with E-state index in [1.54, 1.807) is 0 Å². The molecule has 0 spiro atoms. The van der Waals surface area contributed by atoms with Crippen LogP contribution in [-0.2, 0) is 0 Å². The Balaban J connectivity index is 2.91. The highest BCUT2D eigenvalue weighted by Crippen LogP contribution is 1.97. The van der Waals surface area contributed by atoms with Gasteiger partial charge in [-0.2, -0.15) is 0 Å². The molecular formula is C7H16ClN. The predicted octanol–water partition coefficient (Wildman–Crippen LogP) is 2.00. The molecule has 2 heteroatoms. The van der Waals surface area contributed by atoms with Gasteiger partial charge in [-0.25, -0.2) is 0 Å². The largest absolute Gasteiger partial charge is 0.314 e. The third kappa shape index (κ3) is 8.25. The molecule has 0 saturated carbocycles. The van der Waals surface area contributed by atoms with Crippen LogP contribution in [0, 0.1) is 0 Å². The van der Waals surface area contributed by atoms with Gasteiger partial charge in [0.15, 0.2) is 0 Å². The fourth-order valence-corrected chi connectivity index (χ4v) is 0.680. The lowest BCUT2D eigenvalue weighted by molar-refractivity contribution is 0.568. The van der Waals surface area contributed by atoms with Crippen LogP contribution in [0.2, 0.25) is 0 Å². The van der Waals surface area contributed by atoms with Crippen molar-refractivity contribution in [1.29, 1.82) is 0 Å². The molecule has 0 rings (SSSR count). The van der Waals surface area contributed by atoms with E-state index in [0.717, 1.165) is 13.0 Å². The van der Waals surface area contributed by atoms with Gasteiger partial charge in [0.1, 0.15) is 0 Å². The van der Waals surface area contributed by atoms with Gasteiger partial charge in [0.2, 0.25) is 0 Å². The minimum Gasteiger partial charge on any atom is -0.314 e. The normalized spacial score (nSPS) is 14.3. The van der Waals surface area contributed by atoms with Crippen LogP contribution in [0.25, 0.3) is 0 Å². The van der Waals surface area contributed by atoms with Gasteiger partial charge in [0.25, 0.3) is 0 Å². The molecule has 1 N–H and O–H groups in total. The summed E-state index contributed by atoms with van der Waals surface area (Å²) in [5.74, 6) is 0. The van der Waals surface area contributed by atoms with E-state index in [2.05, 4.69) is 19.2 Å². The number of alkyl halides is 1. The van der Waals surface area contributed by atoms with E-state index in [1.807, 2.05) is 6.92 Å². The van der Waals surface area contributed by atoms with E-state index in [-0.39, 0.29) is 0 Å². The van der Waals surface area contributed by atoms with E-state index in [9.17, 15) is 0 Å². The lowest BCUT2D eigenvalue weighted by atomic mass is 10.3. The van der Waals surface area contributed by atoms with E-state index in [1.165, 1.54) is 0 Å². The van der Waals surface area contributed by atoms with Crippen LogP contribution in [0.3, 0.4) is 0 Å². The molecule has 9 heavy (non-hydrogen) atoms. The second-order valence-electron chi connectivity index (χ2n) is 2.68. The fourth-order valence-electron chi connectivity index (χ4n) is 0.571.